The first-order chi connectivity index (χ1) is 18.4. The second kappa shape index (κ2) is 13.3. The van der Waals surface area contributed by atoms with Gasteiger partial charge in [-0.2, -0.15) is 4.31 Å². The van der Waals surface area contributed by atoms with Gasteiger partial charge in [-0.3, -0.25) is 4.90 Å². The highest BCUT2D eigenvalue weighted by Crippen LogP contribution is 2.27. The maximum Gasteiger partial charge on any atom is 0.243 e. The lowest BCUT2D eigenvalue weighted by molar-refractivity contribution is 0.0525. The zero-order valence-electron chi connectivity index (χ0n) is 21.6. The number of sulfonamides is 1. The van der Waals surface area contributed by atoms with Gasteiger partial charge >= 0.3 is 0 Å². The predicted molar refractivity (Wildman–Crippen MR) is 143 cm³/mol. The molecule has 0 saturated carbocycles. The lowest BCUT2D eigenvalue weighted by Gasteiger charge is -2.34. The fourth-order valence-electron chi connectivity index (χ4n) is 4.37. The van der Waals surface area contributed by atoms with Crippen LogP contribution in [0.3, 0.4) is 0 Å². The minimum absolute atomic E-state index is 0.259. The number of hydrogen-bond acceptors (Lipinski definition) is 5. The van der Waals surface area contributed by atoms with E-state index in [1.807, 2.05) is 30.3 Å². The summed E-state index contributed by atoms with van der Waals surface area (Å²) in [4.78, 5) is 2.40. The molecule has 9 heteroatoms. The third-order valence-electron chi connectivity index (χ3n) is 6.60. The van der Waals surface area contributed by atoms with E-state index in [1.165, 1.54) is 16.4 Å². The molecule has 0 unspecified atom stereocenters. The zero-order chi connectivity index (χ0) is 27.0. The Morgan fingerprint density at radius 3 is 2.21 bits per heavy atom. The van der Waals surface area contributed by atoms with Gasteiger partial charge in [0, 0.05) is 32.7 Å². The van der Waals surface area contributed by atoms with Gasteiger partial charge in [-0.1, -0.05) is 49.7 Å². The van der Waals surface area contributed by atoms with Crippen molar-refractivity contribution in [2.45, 2.75) is 30.8 Å². The molecule has 6 nitrogen and oxygen atoms in total. The number of piperazine rings is 1. The van der Waals surface area contributed by atoms with Crippen LogP contribution in [0.5, 0.6) is 5.75 Å². The Morgan fingerprint density at radius 2 is 1.55 bits per heavy atom. The first-order valence-corrected chi connectivity index (χ1v) is 14.4. The number of ether oxygens (including phenoxy) is 2. The van der Waals surface area contributed by atoms with E-state index in [9.17, 15) is 17.2 Å². The molecular formula is C29H34F2N2O4S. The fourth-order valence-corrected chi connectivity index (χ4v) is 5.79. The molecule has 1 heterocycles. The molecule has 0 radical (unpaired) electrons. The summed E-state index contributed by atoms with van der Waals surface area (Å²) in [6.07, 6.45) is 1.45. The molecule has 38 heavy (non-hydrogen) atoms. The zero-order valence-corrected chi connectivity index (χ0v) is 22.4. The van der Waals surface area contributed by atoms with Gasteiger partial charge < -0.3 is 9.47 Å². The molecule has 0 aromatic heterocycles. The highest BCUT2D eigenvalue weighted by Gasteiger charge is 2.28. The van der Waals surface area contributed by atoms with E-state index < -0.39 is 27.8 Å². The minimum atomic E-state index is -3.59. The summed E-state index contributed by atoms with van der Waals surface area (Å²) in [7, 11) is -3.59. The number of rotatable bonds is 12. The molecule has 1 atom stereocenters. The van der Waals surface area contributed by atoms with Crippen molar-refractivity contribution >= 4 is 10.0 Å². The number of hydrogen-bond donors (Lipinski definition) is 0. The fraction of sp³-hybridized carbons (Fsp3) is 0.379. The molecule has 0 N–H and O–H groups in total. The van der Waals surface area contributed by atoms with Crippen molar-refractivity contribution in [3.8, 4) is 5.75 Å². The smallest absolute Gasteiger partial charge is 0.243 e. The number of benzene rings is 3. The SMILES string of the molecule is CCCCOc1ccc(S(=O)(=O)N2CCN(CCO[C@H](c3ccccc3)c3ccc(F)c(F)c3)CC2)cc1. The monoisotopic (exact) mass is 544 g/mol. The summed E-state index contributed by atoms with van der Waals surface area (Å²) in [5, 5.41) is 0. The van der Waals surface area contributed by atoms with Crippen LogP contribution in [0, 0.1) is 11.6 Å². The second-order valence-corrected chi connectivity index (χ2v) is 11.2. The highest BCUT2D eigenvalue weighted by molar-refractivity contribution is 7.89. The van der Waals surface area contributed by atoms with Crippen LogP contribution < -0.4 is 4.74 Å². The largest absolute Gasteiger partial charge is 0.494 e. The second-order valence-electron chi connectivity index (χ2n) is 9.25. The molecule has 1 aliphatic heterocycles. The molecule has 1 aliphatic rings. The van der Waals surface area contributed by atoms with Crippen molar-refractivity contribution in [3.05, 3.63) is 95.6 Å². The first-order valence-electron chi connectivity index (χ1n) is 13.0. The topological polar surface area (TPSA) is 59.1 Å². The molecule has 0 aliphatic carbocycles. The average Bonchev–Trinajstić information content (AvgIpc) is 2.94. The third-order valence-corrected chi connectivity index (χ3v) is 8.51. The van der Waals surface area contributed by atoms with Gasteiger partial charge in [-0.25, -0.2) is 17.2 Å². The van der Waals surface area contributed by atoms with E-state index in [2.05, 4.69) is 11.8 Å². The van der Waals surface area contributed by atoms with Crippen LogP contribution in [0.15, 0.2) is 77.7 Å². The summed E-state index contributed by atoms with van der Waals surface area (Å²) in [5.41, 5.74) is 1.38. The molecule has 204 valence electrons. The molecule has 0 amide bonds. The molecule has 0 bridgehead atoms. The van der Waals surface area contributed by atoms with Crippen molar-refractivity contribution in [2.24, 2.45) is 0 Å². The van der Waals surface area contributed by atoms with Crippen LogP contribution in [0.4, 0.5) is 8.78 Å². The van der Waals surface area contributed by atoms with Gasteiger partial charge in [-0.15, -0.1) is 0 Å². The normalized spacial score (nSPS) is 15.9. The van der Waals surface area contributed by atoms with Crippen molar-refractivity contribution in [2.75, 3.05) is 45.9 Å². The summed E-state index contributed by atoms with van der Waals surface area (Å²) in [5.74, 6) is -1.15. The summed E-state index contributed by atoms with van der Waals surface area (Å²) < 4.78 is 66.9. The van der Waals surface area contributed by atoms with Gasteiger partial charge in [0.05, 0.1) is 18.1 Å². The van der Waals surface area contributed by atoms with Crippen molar-refractivity contribution in [1.29, 1.82) is 0 Å². The predicted octanol–water partition coefficient (Wildman–Crippen LogP) is 5.26. The Bertz CT molecular complexity index is 1270. The summed E-state index contributed by atoms with van der Waals surface area (Å²) >= 11 is 0. The molecule has 3 aromatic rings. The molecule has 0 spiro atoms. The van der Waals surface area contributed by atoms with Gasteiger partial charge in [-0.05, 0) is 53.9 Å². The van der Waals surface area contributed by atoms with Crippen molar-refractivity contribution in [1.82, 2.24) is 9.21 Å². The van der Waals surface area contributed by atoms with E-state index in [1.54, 1.807) is 24.3 Å². The molecular weight excluding hydrogens is 510 g/mol. The minimum Gasteiger partial charge on any atom is -0.494 e. The van der Waals surface area contributed by atoms with Crippen LogP contribution in [0.2, 0.25) is 0 Å². The van der Waals surface area contributed by atoms with Crippen molar-refractivity contribution in [3.63, 3.8) is 0 Å². The Hall–Kier alpha value is -2.85. The molecule has 1 fully saturated rings. The van der Waals surface area contributed by atoms with E-state index in [0.29, 0.717) is 57.3 Å². The van der Waals surface area contributed by atoms with Crippen LogP contribution in [-0.2, 0) is 14.8 Å². The first kappa shape index (κ1) is 28.2. The quantitative estimate of drug-likeness (QED) is 0.291. The van der Waals surface area contributed by atoms with E-state index >= 15 is 0 Å². The van der Waals surface area contributed by atoms with Crippen molar-refractivity contribution < 1.29 is 26.7 Å². The van der Waals surface area contributed by atoms with E-state index in [4.69, 9.17) is 9.47 Å². The van der Waals surface area contributed by atoms with Gasteiger partial charge in [0.1, 0.15) is 11.9 Å². The van der Waals surface area contributed by atoms with E-state index in [0.717, 1.165) is 24.5 Å². The Balaban J connectivity index is 1.30. The summed E-state index contributed by atoms with van der Waals surface area (Å²) in [6.45, 7) is 5.54. The standard InChI is InChI=1S/C29H34F2N2O4S/c1-2-3-20-36-25-10-12-26(13-11-25)38(34,35)33-17-15-32(16-18-33)19-21-37-29(23-7-5-4-6-8-23)24-9-14-27(30)28(31)22-24/h4-14,22,29H,2-3,15-21H2,1H3/t29-/m1/s1. The van der Waals surface area contributed by atoms with E-state index in [-0.39, 0.29) is 4.90 Å². The molecule has 4 rings (SSSR count). The van der Waals surface area contributed by atoms with Gasteiger partial charge in [0.15, 0.2) is 11.6 Å². The maximum absolute atomic E-state index is 13.9. The molecule has 1 saturated heterocycles. The van der Waals surface area contributed by atoms with Gasteiger partial charge in [0.25, 0.3) is 0 Å². The number of unbranched alkanes of at least 4 members (excludes halogenated alkanes) is 1. The lowest BCUT2D eigenvalue weighted by Crippen LogP contribution is -2.49. The van der Waals surface area contributed by atoms with Crippen LogP contribution in [0.25, 0.3) is 0 Å². The Morgan fingerprint density at radius 1 is 0.842 bits per heavy atom. The third kappa shape index (κ3) is 7.17. The Kier molecular flexibility index (Phi) is 9.85. The Labute approximate surface area is 223 Å². The maximum atomic E-state index is 13.9. The van der Waals surface area contributed by atoms with Crippen LogP contribution >= 0.6 is 0 Å². The number of nitrogens with zero attached hydrogens (tertiary/aromatic N) is 2. The molecule has 3 aromatic carbocycles. The van der Waals surface area contributed by atoms with Gasteiger partial charge in [0.2, 0.25) is 10.0 Å². The number of halogens is 2. The van der Waals surface area contributed by atoms with Crippen LogP contribution in [0.1, 0.15) is 37.0 Å². The lowest BCUT2D eigenvalue weighted by atomic mass is 10.0. The average molecular weight is 545 g/mol. The summed E-state index contributed by atoms with van der Waals surface area (Å²) in [6, 6.07) is 19.8. The highest BCUT2D eigenvalue weighted by atomic mass is 32.2. The van der Waals surface area contributed by atoms with Crippen LogP contribution in [-0.4, -0.2) is 63.6 Å².